The topological polar surface area (TPSA) is 62.5 Å². The minimum absolute atomic E-state index is 0.371. The molecule has 1 aromatic rings. The van der Waals surface area contributed by atoms with Crippen molar-refractivity contribution in [3.05, 3.63) is 28.1 Å². The summed E-state index contributed by atoms with van der Waals surface area (Å²) in [7, 11) is 0. The lowest BCUT2D eigenvalue weighted by Gasteiger charge is -2.19. The molecule has 12 heteroatoms. The predicted molar refractivity (Wildman–Crippen MR) is 78.3 cm³/mol. The third kappa shape index (κ3) is 5.36. The van der Waals surface area contributed by atoms with Gasteiger partial charge in [-0.3, -0.25) is 4.99 Å². The van der Waals surface area contributed by atoms with Crippen LogP contribution in [0.25, 0.3) is 0 Å². The third-order valence-corrected chi connectivity index (χ3v) is 3.61. The molecule has 0 aliphatic rings. The van der Waals surface area contributed by atoms with Gasteiger partial charge in [0.05, 0.1) is 5.56 Å². The molecule has 152 valence electrons. The maximum absolute atomic E-state index is 13.2. The zero-order valence-corrected chi connectivity index (χ0v) is 14.0. The molecule has 4 nitrogen and oxygen atoms in total. The first kappa shape index (κ1) is 22.8. The summed E-state index contributed by atoms with van der Waals surface area (Å²) in [5, 5.41) is 9.11. The number of aromatic nitrogens is 1. The van der Waals surface area contributed by atoms with E-state index in [1.54, 1.807) is 0 Å². The molecule has 1 rings (SSSR count). The molecule has 0 aliphatic heterocycles. The van der Waals surface area contributed by atoms with Gasteiger partial charge in [0, 0.05) is 6.54 Å². The first-order chi connectivity index (χ1) is 12.2. The Morgan fingerprint density at radius 3 is 2.07 bits per heavy atom. The number of alkyl halides is 8. The molecule has 0 spiro atoms. The van der Waals surface area contributed by atoms with E-state index in [-0.39, 0.29) is 6.42 Å². The quantitative estimate of drug-likeness (QED) is 0.542. The predicted octanol–water partition coefficient (Wildman–Crippen LogP) is 4.86. The van der Waals surface area contributed by atoms with Gasteiger partial charge in [0.2, 0.25) is 0 Å². The number of rotatable bonds is 6. The fourth-order valence-electron chi connectivity index (χ4n) is 2.40. The number of aromatic carboxylic acids is 1. The van der Waals surface area contributed by atoms with E-state index in [0.29, 0.717) is 6.92 Å². The minimum Gasteiger partial charge on any atom is -0.478 e. The summed E-state index contributed by atoms with van der Waals surface area (Å²) in [6.07, 6.45) is -14.5. The van der Waals surface area contributed by atoms with Gasteiger partial charge in [-0.2, -0.15) is 26.3 Å². The Morgan fingerprint density at radius 1 is 1.15 bits per heavy atom. The Hall–Kier alpha value is -2.27. The van der Waals surface area contributed by atoms with E-state index >= 15 is 0 Å². The van der Waals surface area contributed by atoms with Crippen molar-refractivity contribution >= 4 is 11.7 Å². The molecular weight excluding hydrogens is 392 g/mol. The van der Waals surface area contributed by atoms with Gasteiger partial charge < -0.3 is 5.11 Å². The summed E-state index contributed by atoms with van der Waals surface area (Å²) in [6, 6.07) is 0. The van der Waals surface area contributed by atoms with Gasteiger partial charge in [0.15, 0.2) is 5.69 Å². The average molecular weight is 406 g/mol. The van der Waals surface area contributed by atoms with Crippen molar-refractivity contribution in [3.63, 3.8) is 0 Å². The highest BCUT2D eigenvalue weighted by molar-refractivity contribution is 5.91. The average Bonchev–Trinajstić information content (AvgIpc) is 2.51. The SMILES string of the molecule is CCc1c(CCN=C(C)C(F)(F)F)c(C(F)F)nc(C(F)(F)F)c1C(=O)O. The van der Waals surface area contributed by atoms with E-state index in [2.05, 4.69) is 9.98 Å². The molecule has 0 amide bonds. The zero-order valence-electron chi connectivity index (χ0n) is 14.0. The summed E-state index contributed by atoms with van der Waals surface area (Å²) in [5.74, 6) is -2.02. The van der Waals surface area contributed by atoms with Crippen LogP contribution in [0.4, 0.5) is 35.1 Å². The smallest absolute Gasteiger partial charge is 0.434 e. The normalized spacial score (nSPS) is 13.4. The van der Waals surface area contributed by atoms with Crippen LogP contribution in [-0.2, 0) is 19.0 Å². The summed E-state index contributed by atoms with van der Waals surface area (Å²) < 4.78 is 103. The third-order valence-electron chi connectivity index (χ3n) is 3.61. The van der Waals surface area contributed by atoms with Gasteiger partial charge in [-0.1, -0.05) is 6.92 Å². The molecular formula is C15H14F8N2O2. The van der Waals surface area contributed by atoms with Gasteiger partial charge in [0.25, 0.3) is 6.43 Å². The second-order valence-electron chi connectivity index (χ2n) is 5.35. The van der Waals surface area contributed by atoms with Crippen molar-refractivity contribution in [1.29, 1.82) is 0 Å². The molecule has 0 saturated carbocycles. The number of hydrogen-bond acceptors (Lipinski definition) is 3. The van der Waals surface area contributed by atoms with Crippen LogP contribution < -0.4 is 0 Å². The summed E-state index contributed by atoms with van der Waals surface area (Å²) in [5.41, 5.74) is -6.93. The lowest BCUT2D eigenvalue weighted by atomic mass is 9.93. The number of carboxylic acid groups (broad SMARTS) is 1. The van der Waals surface area contributed by atoms with Crippen molar-refractivity contribution in [3.8, 4) is 0 Å². The number of aliphatic imine (C=N–C) groups is 1. The molecule has 1 heterocycles. The van der Waals surface area contributed by atoms with E-state index in [1.807, 2.05) is 0 Å². The molecule has 0 atom stereocenters. The Kier molecular flexibility index (Phi) is 6.89. The Balaban J connectivity index is 3.58. The highest BCUT2D eigenvalue weighted by Gasteiger charge is 2.41. The molecule has 1 N–H and O–H groups in total. The standard InChI is InChI=1S/C15H14F8N2O2/c1-3-7-8(4-5-24-6(2)14(18,19)20)10(12(16)17)25-11(15(21,22)23)9(7)13(26)27/h12H,3-5H2,1-2H3,(H,26,27). The van der Waals surface area contributed by atoms with Crippen molar-refractivity contribution in [2.75, 3.05) is 6.54 Å². The molecule has 0 aliphatic carbocycles. The van der Waals surface area contributed by atoms with Crippen LogP contribution in [0.15, 0.2) is 4.99 Å². The highest BCUT2D eigenvalue weighted by Crippen LogP contribution is 2.37. The van der Waals surface area contributed by atoms with Gasteiger partial charge in [-0.15, -0.1) is 0 Å². The van der Waals surface area contributed by atoms with Crippen molar-refractivity contribution in [2.24, 2.45) is 4.99 Å². The Bertz CT molecular complexity index is 739. The van der Waals surface area contributed by atoms with E-state index in [4.69, 9.17) is 5.11 Å². The highest BCUT2D eigenvalue weighted by atomic mass is 19.4. The van der Waals surface area contributed by atoms with Crippen LogP contribution in [0.1, 0.15) is 53.1 Å². The molecule has 0 saturated heterocycles. The lowest BCUT2D eigenvalue weighted by Crippen LogP contribution is -2.22. The maximum Gasteiger partial charge on any atom is 0.434 e. The van der Waals surface area contributed by atoms with Gasteiger partial charge in [-0.05, 0) is 30.9 Å². The van der Waals surface area contributed by atoms with E-state index in [9.17, 15) is 39.9 Å². The van der Waals surface area contributed by atoms with E-state index in [1.165, 1.54) is 6.92 Å². The first-order valence-electron chi connectivity index (χ1n) is 7.44. The van der Waals surface area contributed by atoms with Crippen LogP contribution in [0.2, 0.25) is 0 Å². The summed E-state index contributed by atoms with van der Waals surface area (Å²) in [4.78, 5) is 17.2. The number of carboxylic acids is 1. The van der Waals surface area contributed by atoms with Crippen molar-refractivity contribution < 1.29 is 45.0 Å². The fourth-order valence-corrected chi connectivity index (χ4v) is 2.40. The van der Waals surface area contributed by atoms with E-state index in [0.717, 1.165) is 0 Å². The second kappa shape index (κ2) is 8.17. The second-order valence-corrected chi connectivity index (χ2v) is 5.35. The number of pyridine rings is 1. The summed E-state index contributed by atoms with van der Waals surface area (Å²) >= 11 is 0. The van der Waals surface area contributed by atoms with Gasteiger partial charge >= 0.3 is 18.3 Å². The van der Waals surface area contributed by atoms with Crippen LogP contribution >= 0.6 is 0 Å². The molecule has 27 heavy (non-hydrogen) atoms. The number of hydrogen-bond donors (Lipinski definition) is 1. The maximum atomic E-state index is 13.2. The molecule has 0 aromatic carbocycles. The molecule has 0 unspecified atom stereocenters. The fraction of sp³-hybridized carbons (Fsp3) is 0.533. The Morgan fingerprint density at radius 2 is 1.70 bits per heavy atom. The van der Waals surface area contributed by atoms with E-state index < -0.39 is 71.5 Å². The van der Waals surface area contributed by atoms with Crippen LogP contribution in [0, 0.1) is 0 Å². The molecule has 0 radical (unpaired) electrons. The number of nitrogens with zero attached hydrogens (tertiary/aromatic N) is 2. The number of halogens is 8. The monoisotopic (exact) mass is 406 g/mol. The lowest BCUT2D eigenvalue weighted by molar-refractivity contribution is -0.142. The minimum atomic E-state index is -5.30. The summed E-state index contributed by atoms with van der Waals surface area (Å²) in [6.45, 7) is 1.21. The van der Waals surface area contributed by atoms with Crippen molar-refractivity contribution in [2.45, 2.75) is 45.5 Å². The first-order valence-corrected chi connectivity index (χ1v) is 7.44. The van der Waals surface area contributed by atoms with Gasteiger partial charge in [-0.25, -0.2) is 18.6 Å². The van der Waals surface area contributed by atoms with Crippen LogP contribution in [0.3, 0.4) is 0 Å². The molecule has 0 fully saturated rings. The number of carbonyl (C=O) groups is 1. The van der Waals surface area contributed by atoms with Crippen LogP contribution in [0.5, 0.6) is 0 Å². The van der Waals surface area contributed by atoms with Crippen molar-refractivity contribution in [1.82, 2.24) is 4.98 Å². The zero-order chi connectivity index (χ0) is 21.2. The molecule has 1 aromatic heterocycles. The Labute approximate surface area is 147 Å². The van der Waals surface area contributed by atoms with Crippen LogP contribution in [-0.4, -0.2) is 34.5 Å². The van der Waals surface area contributed by atoms with Gasteiger partial charge in [0.1, 0.15) is 11.4 Å². The largest absolute Gasteiger partial charge is 0.478 e. The molecule has 0 bridgehead atoms.